The molecule has 0 saturated carbocycles. The van der Waals surface area contributed by atoms with Crippen LogP contribution in [0.5, 0.6) is 0 Å². The molecule has 1 atom stereocenters. The minimum Gasteiger partial charge on any atom is -0.379 e. The number of imide groups is 2. The number of nitrogens with zero attached hydrogens (tertiary/aromatic N) is 1. The number of fused-ring (bicyclic) bond motifs is 1. The number of piperidine rings is 1. The molecule has 5 amide bonds. The molecule has 2 aliphatic rings. The minimum atomic E-state index is -1.07. The van der Waals surface area contributed by atoms with Gasteiger partial charge in [0.1, 0.15) is 6.04 Å². The number of nitrogens with one attached hydrogen (secondary N) is 2. The fraction of sp³-hybridized carbons (Fsp3) is 0.792. The van der Waals surface area contributed by atoms with Gasteiger partial charge in [-0.1, -0.05) is 103 Å². The summed E-state index contributed by atoms with van der Waals surface area (Å²) >= 11 is 0. The van der Waals surface area contributed by atoms with Crippen molar-refractivity contribution in [3.63, 3.8) is 0 Å². The van der Waals surface area contributed by atoms with Crippen LogP contribution in [0.15, 0.2) is 18.2 Å². The normalized spacial score (nSPS) is 14.7. The molecule has 0 radical (unpaired) electrons. The van der Waals surface area contributed by atoms with Crippen LogP contribution in [0.2, 0.25) is 0 Å². The Morgan fingerprint density at radius 1 is 0.493 bits per heavy atom. The Kier molecular flexibility index (Phi) is 37.5. The molecule has 406 valence electrons. The number of anilines is 1. The number of rotatable bonds is 50. The molecular formula is C53H89N3O15. The fourth-order valence-corrected chi connectivity index (χ4v) is 7.98. The summed E-state index contributed by atoms with van der Waals surface area (Å²) in [6.45, 7) is 12.6. The minimum absolute atomic E-state index is 0.0289. The summed E-state index contributed by atoms with van der Waals surface area (Å²) in [5.74, 6) is -2.71. The van der Waals surface area contributed by atoms with Gasteiger partial charge < -0.3 is 52.7 Å². The van der Waals surface area contributed by atoms with E-state index in [0.717, 1.165) is 30.8 Å². The maximum absolute atomic E-state index is 13.2. The number of ether oxygens (including phenoxy) is 10. The summed E-state index contributed by atoms with van der Waals surface area (Å²) in [7, 11) is 0. The van der Waals surface area contributed by atoms with E-state index >= 15 is 0 Å². The van der Waals surface area contributed by atoms with Crippen LogP contribution in [0.3, 0.4) is 0 Å². The van der Waals surface area contributed by atoms with Crippen molar-refractivity contribution in [3.8, 4) is 0 Å². The van der Waals surface area contributed by atoms with Gasteiger partial charge in [-0.05, 0) is 37.8 Å². The average Bonchev–Trinajstić information content (AvgIpc) is 3.62. The van der Waals surface area contributed by atoms with Crippen LogP contribution in [-0.2, 0) is 61.8 Å². The summed E-state index contributed by atoms with van der Waals surface area (Å²) in [4.78, 5) is 63.7. The van der Waals surface area contributed by atoms with Crippen molar-refractivity contribution in [2.75, 3.05) is 137 Å². The largest absolute Gasteiger partial charge is 0.379 e. The highest BCUT2D eigenvalue weighted by Crippen LogP contribution is 2.32. The van der Waals surface area contributed by atoms with Gasteiger partial charge in [-0.25, -0.2) is 0 Å². The Morgan fingerprint density at radius 2 is 0.859 bits per heavy atom. The number of benzene rings is 1. The summed E-state index contributed by atoms with van der Waals surface area (Å²) in [5.41, 5.74) is 0.388. The van der Waals surface area contributed by atoms with Crippen LogP contribution in [0.1, 0.15) is 156 Å². The van der Waals surface area contributed by atoms with Gasteiger partial charge in [-0.3, -0.25) is 34.2 Å². The van der Waals surface area contributed by atoms with Gasteiger partial charge in [-0.15, -0.1) is 0 Å². The third-order valence-electron chi connectivity index (χ3n) is 11.9. The van der Waals surface area contributed by atoms with E-state index in [0.29, 0.717) is 132 Å². The molecule has 18 nitrogen and oxygen atoms in total. The molecule has 2 N–H and O–H groups in total. The topological polar surface area (TPSA) is 205 Å². The van der Waals surface area contributed by atoms with Gasteiger partial charge >= 0.3 is 0 Å². The zero-order chi connectivity index (χ0) is 50.7. The number of unbranched alkanes of at least 4 members (excludes halogenated alkanes) is 15. The summed E-state index contributed by atoms with van der Waals surface area (Å²) < 4.78 is 55.6. The van der Waals surface area contributed by atoms with E-state index in [1.807, 2.05) is 0 Å². The van der Waals surface area contributed by atoms with E-state index in [1.54, 1.807) is 12.1 Å². The van der Waals surface area contributed by atoms with Gasteiger partial charge in [0.05, 0.1) is 136 Å². The number of hydrogen-bond acceptors (Lipinski definition) is 15. The van der Waals surface area contributed by atoms with Crippen molar-refractivity contribution in [1.29, 1.82) is 0 Å². The predicted octanol–water partition coefficient (Wildman–Crippen LogP) is 7.23. The Bertz CT molecular complexity index is 1570. The van der Waals surface area contributed by atoms with Crippen molar-refractivity contribution in [1.82, 2.24) is 10.2 Å². The molecule has 3 rings (SSSR count). The average molecular weight is 1010 g/mol. The highest BCUT2D eigenvalue weighted by Gasteiger charge is 2.45. The van der Waals surface area contributed by atoms with Crippen molar-refractivity contribution in [2.24, 2.45) is 0 Å². The van der Waals surface area contributed by atoms with Crippen molar-refractivity contribution >= 4 is 35.2 Å². The molecule has 18 heteroatoms. The second-order valence-corrected chi connectivity index (χ2v) is 17.8. The highest BCUT2D eigenvalue weighted by atomic mass is 16.6. The maximum Gasteiger partial charge on any atom is 0.264 e. The molecule has 2 heterocycles. The molecule has 1 unspecified atom stereocenters. The smallest absolute Gasteiger partial charge is 0.264 e. The first kappa shape index (κ1) is 61.9. The second-order valence-electron chi connectivity index (χ2n) is 17.8. The van der Waals surface area contributed by atoms with Crippen LogP contribution in [0.25, 0.3) is 0 Å². The van der Waals surface area contributed by atoms with Gasteiger partial charge in [0.25, 0.3) is 11.8 Å². The molecular weight excluding hydrogens is 919 g/mol. The zero-order valence-corrected chi connectivity index (χ0v) is 43.2. The maximum atomic E-state index is 13.2. The number of amides is 5. The van der Waals surface area contributed by atoms with E-state index in [4.69, 9.17) is 47.4 Å². The molecule has 1 aromatic rings. The SMILES string of the molecule is CCCCCCCCCCCCCCCCOCCOCCOCCOCCOCCOCCOCCOCCOCCOCCCCCC(=O)Nc1cccc2c1C(=O)N(C1CCC(=O)NC1=O)C2=O. The van der Waals surface area contributed by atoms with Crippen LogP contribution < -0.4 is 10.6 Å². The lowest BCUT2D eigenvalue weighted by atomic mass is 10.0. The molecule has 1 saturated heterocycles. The first-order valence-corrected chi connectivity index (χ1v) is 26.9. The lowest BCUT2D eigenvalue weighted by molar-refractivity contribution is -0.136. The summed E-state index contributed by atoms with van der Waals surface area (Å²) in [5, 5.41) is 4.92. The van der Waals surface area contributed by atoms with E-state index in [1.165, 1.54) is 89.5 Å². The monoisotopic (exact) mass is 1010 g/mol. The zero-order valence-electron chi connectivity index (χ0n) is 43.2. The molecule has 0 bridgehead atoms. The number of carbonyl (C=O) groups excluding carboxylic acids is 5. The van der Waals surface area contributed by atoms with E-state index in [-0.39, 0.29) is 42.0 Å². The van der Waals surface area contributed by atoms with Crippen LogP contribution in [0.4, 0.5) is 5.69 Å². The highest BCUT2D eigenvalue weighted by molar-refractivity contribution is 6.26. The number of hydrogen-bond donors (Lipinski definition) is 2. The van der Waals surface area contributed by atoms with E-state index < -0.39 is 29.7 Å². The molecule has 1 aromatic carbocycles. The van der Waals surface area contributed by atoms with Gasteiger partial charge in [0.2, 0.25) is 17.7 Å². The predicted molar refractivity (Wildman–Crippen MR) is 269 cm³/mol. The van der Waals surface area contributed by atoms with Crippen molar-refractivity contribution in [3.05, 3.63) is 29.3 Å². The second kappa shape index (κ2) is 43.0. The molecule has 71 heavy (non-hydrogen) atoms. The lowest BCUT2D eigenvalue weighted by Crippen LogP contribution is -2.54. The number of carbonyl (C=O) groups is 5. The Hall–Kier alpha value is -3.43. The Labute approximate surface area is 423 Å². The van der Waals surface area contributed by atoms with Gasteiger partial charge in [0, 0.05) is 26.1 Å². The van der Waals surface area contributed by atoms with Gasteiger partial charge in [0.15, 0.2) is 0 Å². The Morgan fingerprint density at radius 3 is 1.25 bits per heavy atom. The van der Waals surface area contributed by atoms with Crippen molar-refractivity contribution < 1.29 is 71.3 Å². The fourth-order valence-electron chi connectivity index (χ4n) is 7.98. The molecule has 1 fully saturated rings. The first-order chi connectivity index (χ1) is 34.9. The van der Waals surface area contributed by atoms with E-state index in [9.17, 15) is 24.0 Å². The van der Waals surface area contributed by atoms with Crippen LogP contribution in [0, 0.1) is 0 Å². The van der Waals surface area contributed by atoms with Crippen LogP contribution in [-0.4, -0.2) is 173 Å². The summed E-state index contributed by atoms with van der Waals surface area (Å²) in [6.07, 6.45) is 21.6. The lowest BCUT2D eigenvalue weighted by Gasteiger charge is -2.27. The van der Waals surface area contributed by atoms with Gasteiger partial charge in [-0.2, -0.15) is 0 Å². The van der Waals surface area contributed by atoms with Crippen molar-refractivity contribution in [2.45, 2.75) is 141 Å². The quantitative estimate of drug-likeness (QED) is 0.0488. The third kappa shape index (κ3) is 29.8. The third-order valence-corrected chi connectivity index (χ3v) is 11.9. The molecule has 0 spiro atoms. The molecule has 2 aliphatic heterocycles. The van der Waals surface area contributed by atoms with Crippen LogP contribution >= 0.6 is 0 Å². The van der Waals surface area contributed by atoms with E-state index in [2.05, 4.69) is 17.6 Å². The standard InChI is InChI=1S/C53H89N3O15/c1-2-3-4-5-6-7-8-9-10-11-12-13-14-17-25-62-27-29-64-31-33-66-35-37-68-39-41-70-43-44-71-42-40-69-38-36-67-34-32-65-30-28-63-26-18-15-16-22-48(57)54-46-21-19-20-45-50(46)53(61)56(52(45)60)47-23-24-49(58)55-51(47)59/h19-21,47H,2-18,22-44H2,1H3,(H,54,57)(H,55,58,59). The first-order valence-electron chi connectivity index (χ1n) is 26.9. The molecule has 0 aromatic heterocycles. The molecule has 0 aliphatic carbocycles. The summed E-state index contributed by atoms with van der Waals surface area (Å²) in [6, 6.07) is 3.54. The Balaban J connectivity index is 0.941.